The lowest BCUT2D eigenvalue weighted by atomic mass is 10.3. The summed E-state index contributed by atoms with van der Waals surface area (Å²) >= 11 is 1.64. The number of rotatable bonds is 6. The summed E-state index contributed by atoms with van der Waals surface area (Å²) in [5.74, 6) is 3.04. The number of hydrogen-bond acceptors (Lipinski definition) is 5. The Morgan fingerprint density at radius 3 is 1.31 bits per heavy atom. The van der Waals surface area contributed by atoms with Gasteiger partial charge in [-0.1, -0.05) is 23.9 Å². The van der Waals surface area contributed by atoms with E-state index in [-0.39, 0.29) is 0 Å². The van der Waals surface area contributed by atoms with Crippen molar-refractivity contribution in [2.24, 2.45) is 0 Å². The highest BCUT2D eigenvalue weighted by molar-refractivity contribution is 7.99. The molecule has 4 aromatic rings. The van der Waals surface area contributed by atoms with Crippen LogP contribution in [-0.4, -0.2) is 0 Å². The minimum Gasteiger partial charge on any atom is -0.457 e. The molecule has 4 rings (SSSR count). The van der Waals surface area contributed by atoms with Crippen LogP contribution >= 0.6 is 11.8 Å². The fourth-order valence-electron chi connectivity index (χ4n) is 2.68. The summed E-state index contributed by atoms with van der Waals surface area (Å²) in [6.45, 7) is 0. The zero-order chi connectivity index (χ0) is 20.1. The highest BCUT2D eigenvalue weighted by atomic mass is 32.2. The number of nitrogen functional groups attached to an aromatic ring is 2. The third-order valence-electron chi connectivity index (χ3n) is 4.08. The lowest BCUT2D eigenvalue weighted by molar-refractivity contribution is 0.481. The molecule has 0 spiro atoms. The first-order valence-electron chi connectivity index (χ1n) is 9.09. The maximum absolute atomic E-state index is 5.92. The number of anilines is 2. The molecule has 0 aliphatic carbocycles. The van der Waals surface area contributed by atoms with Crippen LogP contribution in [0.15, 0.2) is 107 Å². The highest BCUT2D eigenvalue weighted by Crippen LogP contribution is 2.34. The van der Waals surface area contributed by atoms with Crippen LogP contribution in [0.5, 0.6) is 23.0 Å². The van der Waals surface area contributed by atoms with E-state index in [2.05, 4.69) is 0 Å². The van der Waals surface area contributed by atoms with Crippen LogP contribution in [-0.2, 0) is 0 Å². The van der Waals surface area contributed by atoms with E-state index in [1.54, 1.807) is 11.8 Å². The number of hydrogen-bond donors (Lipinski definition) is 2. The molecule has 0 amide bonds. The topological polar surface area (TPSA) is 70.5 Å². The lowest BCUT2D eigenvalue weighted by Gasteiger charge is -2.09. The Morgan fingerprint density at radius 1 is 0.483 bits per heavy atom. The van der Waals surface area contributed by atoms with Gasteiger partial charge in [0.05, 0.1) is 0 Å². The monoisotopic (exact) mass is 400 g/mol. The molecule has 0 atom stereocenters. The summed E-state index contributed by atoms with van der Waals surface area (Å²) in [5.41, 5.74) is 12.9. The second-order valence-electron chi connectivity index (χ2n) is 6.39. The highest BCUT2D eigenvalue weighted by Gasteiger charge is 2.04. The van der Waals surface area contributed by atoms with Crippen LogP contribution in [0.4, 0.5) is 11.4 Å². The van der Waals surface area contributed by atoms with Crippen molar-refractivity contribution in [2.75, 3.05) is 11.5 Å². The van der Waals surface area contributed by atoms with Gasteiger partial charge in [0.15, 0.2) is 0 Å². The number of nitrogens with two attached hydrogens (primary N) is 2. The van der Waals surface area contributed by atoms with Gasteiger partial charge in [0.2, 0.25) is 0 Å². The average Bonchev–Trinajstić information content (AvgIpc) is 2.72. The molecule has 0 radical (unpaired) electrons. The zero-order valence-corrected chi connectivity index (χ0v) is 16.4. The maximum Gasteiger partial charge on any atom is 0.128 e. The summed E-state index contributed by atoms with van der Waals surface area (Å²) in [7, 11) is 0. The number of benzene rings is 4. The lowest BCUT2D eigenvalue weighted by Crippen LogP contribution is -1.87. The zero-order valence-electron chi connectivity index (χ0n) is 15.6. The van der Waals surface area contributed by atoms with Crippen molar-refractivity contribution >= 4 is 23.1 Å². The van der Waals surface area contributed by atoms with Crippen LogP contribution in [0, 0.1) is 0 Å². The smallest absolute Gasteiger partial charge is 0.128 e. The Morgan fingerprint density at radius 2 is 0.897 bits per heavy atom. The van der Waals surface area contributed by atoms with Crippen LogP contribution in [0.25, 0.3) is 0 Å². The summed E-state index contributed by atoms with van der Waals surface area (Å²) in [6.07, 6.45) is 0. The Balaban J connectivity index is 1.46. The van der Waals surface area contributed by atoms with E-state index < -0.39 is 0 Å². The quantitative estimate of drug-likeness (QED) is 0.357. The predicted octanol–water partition coefficient (Wildman–Crippen LogP) is 6.59. The molecular weight excluding hydrogens is 380 g/mol. The van der Waals surface area contributed by atoms with Gasteiger partial charge in [-0.2, -0.15) is 0 Å². The fraction of sp³-hybridized carbons (Fsp3) is 0. The van der Waals surface area contributed by atoms with E-state index in [9.17, 15) is 0 Å². The van der Waals surface area contributed by atoms with E-state index in [0.29, 0.717) is 11.4 Å². The van der Waals surface area contributed by atoms with Crippen LogP contribution < -0.4 is 20.9 Å². The summed E-state index contributed by atoms with van der Waals surface area (Å²) in [6, 6.07) is 30.6. The van der Waals surface area contributed by atoms with E-state index >= 15 is 0 Å². The standard InChI is InChI=1S/C24H20N2O2S/c25-17-7-11-19(12-8-17)27-21-3-1-5-23(15-21)29-24-6-2-4-22(16-24)28-20-13-9-18(26)10-14-20/h1-16H,25-26H2. The van der Waals surface area contributed by atoms with E-state index in [1.807, 2.05) is 97.1 Å². The van der Waals surface area contributed by atoms with Crippen molar-refractivity contribution in [1.82, 2.24) is 0 Å². The summed E-state index contributed by atoms with van der Waals surface area (Å²) in [4.78, 5) is 2.14. The molecule has 4 nitrogen and oxygen atoms in total. The van der Waals surface area contributed by atoms with Gasteiger partial charge in [0.1, 0.15) is 23.0 Å². The van der Waals surface area contributed by atoms with Crippen molar-refractivity contribution in [1.29, 1.82) is 0 Å². The molecule has 0 saturated carbocycles. The molecule has 4 N–H and O–H groups in total. The van der Waals surface area contributed by atoms with Crippen LogP contribution in [0.1, 0.15) is 0 Å². The van der Waals surface area contributed by atoms with Crippen LogP contribution in [0.2, 0.25) is 0 Å². The van der Waals surface area contributed by atoms with E-state index in [1.165, 1.54) is 0 Å². The molecular formula is C24H20N2O2S. The third kappa shape index (κ3) is 5.24. The molecule has 0 heterocycles. The molecule has 0 aliphatic heterocycles. The normalized spacial score (nSPS) is 10.5. The first kappa shape index (κ1) is 18.8. The minimum absolute atomic E-state index is 0.711. The molecule has 5 heteroatoms. The van der Waals surface area contributed by atoms with Gasteiger partial charge in [0.25, 0.3) is 0 Å². The van der Waals surface area contributed by atoms with Crippen molar-refractivity contribution in [3.63, 3.8) is 0 Å². The Bertz CT molecular complexity index is 1010. The van der Waals surface area contributed by atoms with Crippen molar-refractivity contribution in [3.8, 4) is 23.0 Å². The Kier molecular flexibility index (Phi) is 5.59. The fourth-order valence-corrected chi connectivity index (χ4v) is 3.60. The first-order valence-corrected chi connectivity index (χ1v) is 9.90. The second-order valence-corrected chi connectivity index (χ2v) is 7.54. The largest absolute Gasteiger partial charge is 0.457 e. The summed E-state index contributed by atoms with van der Waals surface area (Å²) < 4.78 is 11.8. The SMILES string of the molecule is Nc1ccc(Oc2cccc(Sc3cccc(Oc4ccc(N)cc4)c3)c2)cc1. The minimum atomic E-state index is 0.711. The van der Waals surface area contributed by atoms with Gasteiger partial charge in [-0.05, 0) is 84.9 Å². The number of ether oxygens (including phenoxy) is 2. The van der Waals surface area contributed by atoms with E-state index in [0.717, 1.165) is 32.8 Å². The van der Waals surface area contributed by atoms with Crippen molar-refractivity contribution in [3.05, 3.63) is 97.1 Å². The van der Waals surface area contributed by atoms with Gasteiger partial charge < -0.3 is 20.9 Å². The molecule has 0 aliphatic rings. The van der Waals surface area contributed by atoms with Gasteiger partial charge in [-0.3, -0.25) is 0 Å². The molecule has 29 heavy (non-hydrogen) atoms. The van der Waals surface area contributed by atoms with Gasteiger partial charge in [0, 0.05) is 21.2 Å². The van der Waals surface area contributed by atoms with Gasteiger partial charge in [-0.15, -0.1) is 0 Å². The van der Waals surface area contributed by atoms with Crippen molar-refractivity contribution < 1.29 is 9.47 Å². The molecule has 144 valence electrons. The first-order chi connectivity index (χ1) is 14.1. The molecule has 0 aromatic heterocycles. The van der Waals surface area contributed by atoms with Gasteiger partial charge in [-0.25, -0.2) is 0 Å². The van der Waals surface area contributed by atoms with E-state index in [4.69, 9.17) is 20.9 Å². The average molecular weight is 401 g/mol. The summed E-state index contributed by atoms with van der Waals surface area (Å²) in [5, 5.41) is 0. The molecule has 4 aromatic carbocycles. The Labute approximate surface area is 174 Å². The maximum atomic E-state index is 5.92. The Hall–Kier alpha value is -3.57. The predicted molar refractivity (Wildman–Crippen MR) is 119 cm³/mol. The second kappa shape index (κ2) is 8.63. The van der Waals surface area contributed by atoms with Crippen LogP contribution in [0.3, 0.4) is 0 Å². The molecule has 0 unspecified atom stereocenters. The molecule has 0 saturated heterocycles. The van der Waals surface area contributed by atoms with Crippen molar-refractivity contribution in [2.45, 2.75) is 9.79 Å². The third-order valence-corrected chi connectivity index (χ3v) is 5.06. The van der Waals surface area contributed by atoms with Gasteiger partial charge >= 0.3 is 0 Å². The molecule has 0 fully saturated rings. The molecule has 0 bridgehead atoms.